The van der Waals surface area contributed by atoms with Gasteiger partial charge in [0.1, 0.15) is 12.6 Å². The molecule has 21 heavy (non-hydrogen) atoms. The van der Waals surface area contributed by atoms with E-state index in [0.29, 0.717) is 0 Å². The van der Waals surface area contributed by atoms with E-state index in [1.807, 2.05) is 0 Å². The number of quaternary nitrogens is 1. The van der Waals surface area contributed by atoms with Gasteiger partial charge >= 0.3 is 0 Å². The van der Waals surface area contributed by atoms with Crippen molar-refractivity contribution in [3.8, 4) is 11.8 Å². The van der Waals surface area contributed by atoms with Crippen LogP contribution in [-0.4, -0.2) is 48.9 Å². The van der Waals surface area contributed by atoms with E-state index in [1.54, 1.807) is 31.2 Å². The molecular weight excluding hydrogens is 270 g/mol. The lowest BCUT2D eigenvalue weighted by atomic mass is 10.2. The molecular formula is C15H20N3O3+. The zero-order chi connectivity index (χ0) is 15.2. The molecule has 0 unspecified atom stereocenters. The molecule has 1 aromatic carbocycles. The second-order valence-electron chi connectivity index (χ2n) is 5.18. The van der Waals surface area contributed by atoms with E-state index in [-0.39, 0.29) is 10.6 Å². The monoisotopic (exact) mass is 290 g/mol. The van der Waals surface area contributed by atoms with Gasteiger partial charge in [0.2, 0.25) is 0 Å². The van der Waals surface area contributed by atoms with Crippen LogP contribution in [0.3, 0.4) is 0 Å². The van der Waals surface area contributed by atoms with Gasteiger partial charge in [0.25, 0.3) is 5.69 Å². The molecule has 1 atom stereocenters. The van der Waals surface area contributed by atoms with Crippen molar-refractivity contribution in [2.75, 3.05) is 37.6 Å². The first kappa shape index (κ1) is 15.3. The van der Waals surface area contributed by atoms with E-state index in [9.17, 15) is 10.1 Å². The van der Waals surface area contributed by atoms with Crippen LogP contribution in [0.25, 0.3) is 0 Å². The SMILES string of the molecule is C[C@H](O)C#CC[NH+]1CCN(c2ccc([N+](=O)[O-])cc2)CC1. The molecule has 0 aliphatic carbocycles. The number of hydrogen-bond donors (Lipinski definition) is 2. The Morgan fingerprint density at radius 3 is 2.52 bits per heavy atom. The highest BCUT2D eigenvalue weighted by Gasteiger charge is 2.19. The minimum absolute atomic E-state index is 0.122. The van der Waals surface area contributed by atoms with Gasteiger partial charge in [-0.1, -0.05) is 5.92 Å². The van der Waals surface area contributed by atoms with Gasteiger partial charge in [-0.15, -0.1) is 0 Å². The summed E-state index contributed by atoms with van der Waals surface area (Å²) in [5.74, 6) is 5.76. The molecule has 112 valence electrons. The number of rotatable bonds is 3. The maximum absolute atomic E-state index is 10.6. The number of non-ortho nitro benzene ring substituents is 1. The number of aliphatic hydroxyl groups excluding tert-OH is 1. The molecule has 0 radical (unpaired) electrons. The van der Waals surface area contributed by atoms with Crippen molar-refractivity contribution >= 4 is 11.4 Å². The Morgan fingerprint density at radius 1 is 1.38 bits per heavy atom. The average molecular weight is 290 g/mol. The summed E-state index contributed by atoms with van der Waals surface area (Å²) < 4.78 is 0. The summed E-state index contributed by atoms with van der Waals surface area (Å²) in [7, 11) is 0. The maximum Gasteiger partial charge on any atom is 0.269 e. The van der Waals surface area contributed by atoms with Gasteiger partial charge in [0.15, 0.2) is 0 Å². The lowest BCUT2D eigenvalue weighted by Crippen LogP contribution is -3.14. The standard InChI is InChI=1S/C15H19N3O3/c1-13(19)3-2-8-16-9-11-17(12-10-16)14-4-6-15(7-5-14)18(20)21/h4-7,13,19H,8-12H2,1H3/p+1/t13-/m0/s1. The summed E-state index contributed by atoms with van der Waals surface area (Å²) in [5, 5.41) is 19.7. The van der Waals surface area contributed by atoms with Crippen LogP contribution >= 0.6 is 0 Å². The van der Waals surface area contributed by atoms with Gasteiger partial charge in [0, 0.05) is 17.8 Å². The fourth-order valence-electron chi connectivity index (χ4n) is 2.37. The number of aliphatic hydroxyl groups is 1. The van der Waals surface area contributed by atoms with Crippen molar-refractivity contribution in [3.05, 3.63) is 34.4 Å². The molecule has 1 saturated heterocycles. The Morgan fingerprint density at radius 2 is 2.00 bits per heavy atom. The number of piperazine rings is 1. The van der Waals surface area contributed by atoms with E-state index >= 15 is 0 Å². The van der Waals surface area contributed by atoms with Crippen LogP contribution in [0.1, 0.15) is 6.92 Å². The van der Waals surface area contributed by atoms with Crippen LogP contribution in [-0.2, 0) is 0 Å². The summed E-state index contributed by atoms with van der Waals surface area (Å²) in [6, 6.07) is 6.69. The Kier molecular flexibility index (Phi) is 5.14. The van der Waals surface area contributed by atoms with E-state index in [1.165, 1.54) is 4.90 Å². The van der Waals surface area contributed by atoms with E-state index in [2.05, 4.69) is 16.7 Å². The predicted molar refractivity (Wildman–Crippen MR) is 80.3 cm³/mol. The first-order valence-electron chi connectivity index (χ1n) is 7.05. The van der Waals surface area contributed by atoms with Gasteiger partial charge in [-0.2, -0.15) is 0 Å². The highest BCUT2D eigenvalue weighted by Crippen LogP contribution is 2.19. The van der Waals surface area contributed by atoms with Crippen molar-refractivity contribution in [3.63, 3.8) is 0 Å². The predicted octanol–water partition coefficient (Wildman–Crippen LogP) is -0.316. The minimum Gasteiger partial charge on any atom is -0.381 e. The third-order valence-corrected chi connectivity index (χ3v) is 3.55. The number of hydrogen-bond acceptors (Lipinski definition) is 4. The summed E-state index contributed by atoms with van der Waals surface area (Å²) >= 11 is 0. The Labute approximate surface area is 124 Å². The smallest absolute Gasteiger partial charge is 0.269 e. The van der Waals surface area contributed by atoms with Crippen LogP contribution in [0.5, 0.6) is 0 Å². The van der Waals surface area contributed by atoms with Crippen LogP contribution in [0.4, 0.5) is 11.4 Å². The molecule has 0 bridgehead atoms. The largest absolute Gasteiger partial charge is 0.381 e. The van der Waals surface area contributed by atoms with E-state index in [4.69, 9.17) is 5.11 Å². The fourth-order valence-corrected chi connectivity index (χ4v) is 2.37. The number of nitro benzene ring substituents is 1. The Bertz CT molecular complexity index is 538. The molecule has 2 N–H and O–H groups in total. The summed E-state index contributed by atoms with van der Waals surface area (Å²) in [6.45, 7) is 6.18. The third kappa shape index (κ3) is 4.45. The van der Waals surface area contributed by atoms with Crippen LogP contribution in [0, 0.1) is 22.0 Å². The highest BCUT2D eigenvalue weighted by molar-refractivity contribution is 5.50. The number of nitrogens with one attached hydrogen (secondary N) is 1. The van der Waals surface area contributed by atoms with Gasteiger partial charge in [-0.25, -0.2) is 0 Å². The summed E-state index contributed by atoms with van der Waals surface area (Å²) in [6.07, 6.45) is -0.564. The van der Waals surface area contributed by atoms with Crippen LogP contribution in [0.15, 0.2) is 24.3 Å². The average Bonchev–Trinajstić information content (AvgIpc) is 2.48. The zero-order valence-corrected chi connectivity index (χ0v) is 12.1. The molecule has 0 spiro atoms. The molecule has 1 aromatic rings. The zero-order valence-electron chi connectivity index (χ0n) is 12.1. The molecule has 1 aliphatic heterocycles. The van der Waals surface area contributed by atoms with E-state index in [0.717, 1.165) is 38.4 Å². The molecule has 6 nitrogen and oxygen atoms in total. The van der Waals surface area contributed by atoms with Crippen molar-refractivity contribution < 1.29 is 14.9 Å². The fraction of sp³-hybridized carbons (Fsp3) is 0.467. The molecule has 1 aliphatic rings. The quantitative estimate of drug-likeness (QED) is 0.455. The third-order valence-electron chi connectivity index (χ3n) is 3.55. The van der Waals surface area contributed by atoms with Gasteiger partial charge < -0.3 is 14.9 Å². The second kappa shape index (κ2) is 7.07. The molecule has 1 heterocycles. The van der Waals surface area contributed by atoms with E-state index < -0.39 is 6.10 Å². The number of nitro groups is 1. The summed E-state index contributed by atoms with van der Waals surface area (Å²) in [5.41, 5.74) is 1.14. The topological polar surface area (TPSA) is 71.0 Å². The van der Waals surface area contributed by atoms with Crippen LogP contribution < -0.4 is 9.80 Å². The lowest BCUT2D eigenvalue weighted by molar-refractivity contribution is -0.893. The Balaban J connectivity index is 1.86. The molecule has 0 aromatic heterocycles. The molecule has 2 rings (SSSR count). The van der Waals surface area contributed by atoms with Crippen molar-refractivity contribution in [2.24, 2.45) is 0 Å². The molecule has 0 saturated carbocycles. The number of benzene rings is 1. The lowest BCUT2D eigenvalue weighted by Gasteiger charge is -2.32. The number of nitrogens with zero attached hydrogens (tertiary/aromatic N) is 2. The molecule has 6 heteroatoms. The van der Waals surface area contributed by atoms with Crippen molar-refractivity contribution in [1.82, 2.24) is 0 Å². The second-order valence-corrected chi connectivity index (χ2v) is 5.18. The first-order chi connectivity index (χ1) is 10.1. The maximum atomic E-state index is 10.6. The highest BCUT2D eigenvalue weighted by atomic mass is 16.6. The molecule has 0 amide bonds. The van der Waals surface area contributed by atoms with Gasteiger partial charge in [0.05, 0.1) is 31.1 Å². The van der Waals surface area contributed by atoms with Crippen molar-refractivity contribution in [1.29, 1.82) is 0 Å². The number of anilines is 1. The minimum atomic E-state index is -0.564. The van der Waals surface area contributed by atoms with Crippen molar-refractivity contribution in [2.45, 2.75) is 13.0 Å². The van der Waals surface area contributed by atoms with Gasteiger partial charge in [-0.05, 0) is 25.0 Å². The molecule has 1 fully saturated rings. The van der Waals surface area contributed by atoms with Gasteiger partial charge in [-0.3, -0.25) is 10.1 Å². The summed E-state index contributed by atoms with van der Waals surface area (Å²) in [4.78, 5) is 13.9. The van der Waals surface area contributed by atoms with Crippen LogP contribution in [0.2, 0.25) is 0 Å². The first-order valence-corrected chi connectivity index (χ1v) is 7.05. The normalized spacial score (nSPS) is 17.0. The Hall–Kier alpha value is -2.10.